The molecule has 0 spiro atoms. The molecule has 0 saturated heterocycles. The van der Waals surface area contributed by atoms with E-state index in [4.69, 9.17) is 5.11 Å². The Balaban J connectivity index is 3.06. The quantitative estimate of drug-likeness (QED) is 0.175. The van der Waals surface area contributed by atoms with Gasteiger partial charge in [-0.05, 0) is 12.3 Å². The zero-order chi connectivity index (χ0) is 20.7. The molecule has 0 bridgehead atoms. The molecule has 0 radical (unpaired) electrons. The fraction of sp³-hybridized carbons (Fsp3) is 0.962. The van der Waals surface area contributed by atoms with Crippen LogP contribution in [0, 0.1) is 5.92 Å². The van der Waals surface area contributed by atoms with Crippen LogP contribution in [0.2, 0.25) is 0 Å². The molecule has 2 heteroatoms. The Kier molecular flexibility index (Phi) is 22.3. The lowest BCUT2D eigenvalue weighted by atomic mass is 9.97. The largest absolute Gasteiger partial charge is 0.481 e. The predicted molar refractivity (Wildman–Crippen MR) is 124 cm³/mol. The summed E-state index contributed by atoms with van der Waals surface area (Å²) in [4.78, 5) is 10.4. The molecule has 0 aliphatic heterocycles. The summed E-state index contributed by atoms with van der Waals surface area (Å²) in [6.07, 6.45) is 29.0. The molecular weight excluding hydrogens is 344 g/mol. The van der Waals surface area contributed by atoms with Gasteiger partial charge in [0.2, 0.25) is 0 Å². The molecule has 0 unspecified atom stereocenters. The standard InChI is InChI=1S/C26H52O2/c1-3-4-22-25(2)23-20-18-16-14-12-10-8-6-5-7-9-11-13-15-17-19-21-24-26(27)28/h25H,3-24H2,1-2H3,(H,27,28)/t25-/m1/s1. The normalized spacial score (nSPS) is 12.4. The Hall–Kier alpha value is -0.530. The van der Waals surface area contributed by atoms with Crippen LogP contribution >= 0.6 is 0 Å². The van der Waals surface area contributed by atoms with Crippen molar-refractivity contribution in [2.75, 3.05) is 0 Å². The van der Waals surface area contributed by atoms with Gasteiger partial charge in [0.15, 0.2) is 0 Å². The summed E-state index contributed by atoms with van der Waals surface area (Å²) in [5.41, 5.74) is 0. The highest BCUT2D eigenvalue weighted by atomic mass is 16.4. The third kappa shape index (κ3) is 23.5. The predicted octanol–water partition coefficient (Wildman–Crippen LogP) is 9.31. The maximum absolute atomic E-state index is 10.4. The minimum atomic E-state index is -0.650. The molecule has 0 aliphatic carbocycles. The molecule has 0 fully saturated rings. The van der Waals surface area contributed by atoms with Crippen molar-refractivity contribution in [1.29, 1.82) is 0 Å². The van der Waals surface area contributed by atoms with Crippen LogP contribution in [0.4, 0.5) is 0 Å². The van der Waals surface area contributed by atoms with Crippen LogP contribution in [0.25, 0.3) is 0 Å². The smallest absolute Gasteiger partial charge is 0.303 e. The van der Waals surface area contributed by atoms with E-state index >= 15 is 0 Å². The molecule has 0 aromatic carbocycles. The van der Waals surface area contributed by atoms with Gasteiger partial charge >= 0.3 is 5.97 Å². The molecule has 0 rings (SSSR count). The number of carboxylic acid groups (broad SMARTS) is 1. The second kappa shape index (κ2) is 22.8. The first kappa shape index (κ1) is 27.5. The van der Waals surface area contributed by atoms with E-state index < -0.39 is 5.97 Å². The third-order valence-electron chi connectivity index (χ3n) is 6.14. The molecule has 2 nitrogen and oxygen atoms in total. The molecule has 1 N–H and O–H groups in total. The fourth-order valence-corrected chi connectivity index (χ4v) is 4.12. The molecule has 168 valence electrons. The molecule has 0 heterocycles. The summed E-state index contributed by atoms with van der Waals surface area (Å²) in [6, 6.07) is 0. The molecular formula is C26H52O2. The van der Waals surface area contributed by atoms with Crippen LogP contribution in [-0.2, 0) is 4.79 Å². The van der Waals surface area contributed by atoms with E-state index in [9.17, 15) is 4.79 Å². The minimum Gasteiger partial charge on any atom is -0.481 e. The van der Waals surface area contributed by atoms with Gasteiger partial charge in [-0.3, -0.25) is 4.79 Å². The van der Waals surface area contributed by atoms with E-state index in [1.165, 1.54) is 122 Å². The first-order chi connectivity index (χ1) is 13.7. The summed E-state index contributed by atoms with van der Waals surface area (Å²) in [6.45, 7) is 4.73. The van der Waals surface area contributed by atoms with Crippen LogP contribution in [-0.4, -0.2) is 11.1 Å². The maximum Gasteiger partial charge on any atom is 0.303 e. The van der Waals surface area contributed by atoms with Gasteiger partial charge in [0.05, 0.1) is 0 Å². The van der Waals surface area contributed by atoms with Crippen LogP contribution in [0.3, 0.4) is 0 Å². The van der Waals surface area contributed by atoms with Gasteiger partial charge in [-0.15, -0.1) is 0 Å². The lowest BCUT2D eigenvalue weighted by Crippen LogP contribution is -1.94. The van der Waals surface area contributed by atoms with Crippen LogP contribution < -0.4 is 0 Å². The summed E-state index contributed by atoms with van der Waals surface area (Å²) >= 11 is 0. The van der Waals surface area contributed by atoms with E-state index in [0.29, 0.717) is 6.42 Å². The lowest BCUT2D eigenvalue weighted by molar-refractivity contribution is -0.137. The van der Waals surface area contributed by atoms with E-state index in [1.807, 2.05) is 0 Å². The average Bonchev–Trinajstić information content (AvgIpc) is 2.67. The Morgan fingerprint density at radius 1 is 0.571 bits per heavy atom. The summed E-state index contributed by atoms with van der Waals surface area (Å²) in [5.74, 6) is 0.298. The van der Waals surface area contributed by atoms with Crippen LogP contribution in [0.15, 0.2) is 0 Å². The van der Waals surface area contributed by atoms with Crippen molar-refractivity contribution in [3.05, 3.63) is 0 Å². The van der Waals surface area contributed by atoms with Crippen molar-refractivity contribution in [2.24, 2.45) is 5.92 Å². The second-order valence-corrected chi connectivity index (χ2v) is 9.19. The zero-order valence-corrected chi connectivity index (χ0v) is 19.5. The van der Waals surface area contributed by atoms with Gasteiger partial charge in [-0.25, -0.2) is 0 Å². The monoisotopic (exact) mass is 396 g/mol. The number of hydrogen-bond donors (Lipinski definition) is 1. The number of aliphatic carboxylic acids is 1. The topological polar surface area (TPSA) is 37.3 Å². The SMILES string of the molecule is CCCC[C@@H](C)CCCCCCCCCCCCCCCCCCCC(=O)O. The van der Waals surface area contributed by atoms with E-state index in [0.717, 1.165) is 18.8 Å². The van der Waals surface area contributed by atoms with Crippen molar-refractivity contribution >= 4 is 5.97 Å². The zero-order valence-electron chi connectivity index (χ0n) is 19.5. The van der Waals surface area contributed by atoms with Crippen LogP contribution in [0.5, 0.6) is 0 Å². The molecule has 0 amide bonds. The number of carbonyl (C=O) groups is 1. The highest BCUT2D eigenvalue weighted by Crippen LogP contribution is 2.18. The van der Waals surface area contributed by atoms with Crippen molar-refractivity contribution in [1.82, 2.24) is 0 Å². The highest BCUT2D eigenvalue weighted by molar-refractivity contribution is 5.66. The summed E-state index contributed by atoms with van der Waals surface area (Å²) in [7, 11) is 0. The Bertz CT molecular complexity index is 314. The summed E-state index contributed by atoms with van der Waals surface area (Å²) in [5, 5.41) is 8.59. The first-order valence-corrected chi connectivity index (χ1v) is 12.9. The number of carboxylic acids is 1. The first-order valence-electron chi connectivity index (χ1n) is 12.9. The van der Waals surface area contributed by atoms with Gasteiger partial charge in [0, 0.05) is 6.42 Å². The summed E-state index contributed by atoms with van der Waals surface area (Å²) < 4.78 is 0. The van der Waals surface area contributed by atoms with Gasteiger partial charge in [-0.2, -0.15) is 0 Å². The third-order valence-corrected chi connectivity index (χ3v) is 6.14. The van der Waals surface area contributed by atoms with E-state index in [2.05, 4.69) is 13.8 Å². The fourth-order valence-electron chi connectivity index (χ4n) is 4.12. The Morgan fingerprint density at radius 3 is 1.25 bits per heavy atom. The molecule has 0 saturated carbocycles. The van der Waals surface area contributed by atoms with Crippen molar-refractivity contribution in [3.63, 3.8) is 0 Å². The van der Waals surface area contributed by atoms with Gasteiger partial charge in [-0.1, -0.05) is 142 Å². The highest BCUT2D eigenvalue weighted by Gasteiger charge is 2.01. The average molecular weight is 397 g/mol. The van der Waals surface area contributed by atoms with Gasteiger partial charge in [0.25, 0.3) is 0 Å². The molecule has 1 atom stereocenters. The van der Waals surface area contributed by atoms with Crippen LogP contribution in [0.1, 0.15) is 155 Å². The van der Waals surface area contributed by atoms with Crippen molar-refractivity contribution < 1.29 is 9.90 Å². The van der Waals surface area contributed by atoms with Gasteiger partial charge < -0.3 is 5.11 Å². The lowest BCUT2D eigenvalue weighted by Gasteiger charge is -2.10. The van der Waals surface area contributed by atoms with Crippen molar-refractivity contribution in [3.8, 4) is 0 Å². The second-order valence-electron chi connectivity index (χ2n) is 9.19. The van der Waals surface area contributed by atoms with E-state index in [1.54, 1.807) is 0 Å². The molecule has 28 heavy (non-hydrogen) atoms. The van der Waals surface area contributed by atoms with Crippen molar-refractivity contribution in [2.45, 2.75) is 155 Å². The maximum atomic E-state index is 10.4. The number of hydrogen-bond acceptors (Lipinski definition) is 1. The minimum absolute atomic E-state index is 0.346. The van der Waals surface area contributed by atoms with Gasteiger partial charge in [0.1, 0.15) is 0 Å². The molecule has 0 aliphatic rings. The molecule has 0 aromatic rings. The number of rotatable bonds is 23. The molecule has 0 aromatic heterocycles. The van der Waals surface area contributed by atoms with E-state index in [-0.39, 0.29) is 0 Å². The number of unbranched alkanes of at least 4 members (excludes halogenated alkanes) is 17. The Labute approximate surface area is 177 Å². The Morgan fingerprint density at radius 2 is 0.893 bits per heavy atom.